The van der Waals surface area contributed by atoms with Crippen molar-refractivity contribution in [2.24, 2.45) is 0 Å². The van der Waals surface area contributed by atoms with Crippen LogP contribution in [-0.4, -0.2) is 35.5 Å². The first kappa shape index (κ1) is 11.1. The number of methoxy groups -OCH3 is 1. The van der Waals surface area contributed by atoms with Crippen molar-refractivity contribution in [2.45, 2.75) is 25.9 Å². The Morgan fingerprint density at radius 1 is 1.62 bits per heavy atom. The fourth-order valence-corrected chi connectivity index (χ4v) is 1.86. The molecule has 1 saturated heterocycles. The van der Waals surface area contributed by atoms with Crippen molar-refractivity contribution < 1.29 is 9.53 Å². The zero-order valence-electron chi connectivity index (χ0n) is 9.64. The molecule has 4 heteroatoms. The largest absolute Gasteiger partial charge is 0.468 e. The van der Waals surface area contributed by atoms with Crippen molar-refractivity contribution in [3.8, 4) is 0 Å². The lowest BCUT2D eigenvalue weighted by Gasteiger charge is -2.38. The van der Waals surface area contributed by atoms with Gasteiger partial charge in [0.15, 0.2) is 0 Å². The highest BCUT2D eigenvalue weighted by Crippen LogP contribution is 2.21. The van der Waals surface area contributed by atoms with Gasteiger partial charge in [-0.25, -0.2) is 0 Å². The molecule has 0 aromatic carbocycles. The van der Waals surface area contributed by atoms with E-state index in [1.54, 1.807) is 0 Å². The molecular weight excluding hydrogens is 204 g/mol. The van der Waals surface area contributed by atoms with Gasteiger partial charge in [-0.3, -0.25) is 14.7 Å². The van der Waals surface area contributed by atoms with Gasteiger partial charge in [0.1, 0.15) is 6.04 Å². The lowest BCUT2D eigenvalue weighted by atomic mass is 10.0. The third kappa shape index (κ3) is 2.22. The summed E-state index contributed by atoms with van der Waals surface area (Å²) in [6, 6.07) is 3.98. The number of nitrogens with zero attached hydrogens (tertiary/aromatic N) is 2. The van der Waals surface area contributed by atoms with Crippen molar-refractivity contribution >= 4 is 5.97 Å². The number of rotatable bonds is 3. The number of ether oxygens (including phenoxy) is 1. The summed E-state index contributed by atoms with van der Waals surface area (Å²) in [5.74, 6) is -0.133. The molecule has 0 radical (unpaired) electrons. The zero-order valence-corrected chi connectivity index (χ0v) is 9.64. The first-order chi connectivity index (χ1) is 7.70. The van der Waals surface area contributed by atoms with Crippen LogP contribution in [0.15, 0.2) is 18.3 Å². The lowest BCUT2D eigenvalue weighted by molar-refractivity contribution is -0.152. The maximum absolute atomic E-state index is 11.4. The molecular formula is C12H16N2O2. The fourth-order valence-electron chi connectivity index (χ4n) is 1.86. The van der Waals surface area contributed by atoms with E-state index in [9.17, 15) is 4.79 Å². The quantitative estimate of drug-likeness (QED) is 0.716. The SMILES string of the molecule is COC(=O)C1CCN1Cc1ccc(C)nc1. The van der Waals surface area contributed by atoms with Crippen LogP contribution >= 0.6 is 0 Å². The van der Waals surface area contributed by atoms with Gasteiger partial charge >= 0.3 is 5.97 Å². The van der Waals surface area contributed by atoms with Crippen LogP contribution in [0.4, 0.5) is 0 Å². The molecule has 1 aliphatic heterocycles. The van der Waals surface area contributed by atoms with Crippen molar-refractivity contribution in [2.75, 3.05) is 13.7 Å². The van der Waals surface area contributed by atoms with Crippen molar-refractivity contribution in [1.82, 2.24) is 9.88 Å². The lowest BCUT2D eigenvalue weighted by Crippen LogP contribution is -2.52. The standard InChI is InChI=1S/C12H16N2O2/c1-9-3-4-10(7-13-9)8-14-6-5-11(14)12(15)16-2/h3-4,7,11H,5-6,8H2,1-2H3. The van der Waals surface area contributed by atoms with Crippen LogP contribution < -0.4 is 0 Å². The number of likely N-dealkylation sites (tertiary alicyclic amines) is 1. The molecule has 16 heavy (non-hydrogen) atoms. The Morgan fingerprint density at radius 2 is 2.44 bits per heavy atom. The minimum atomic E-state index is -0.133. The minimum Gasteiger partial charge on any atom is -0.468 e. The molecule has 1 aromatic heterocycles. The van der Waals surface area contributed by atoms with Gasteiger partial charge in [-0.15, -0.1) is 0 Å². The van der Waals surface area contributed by atoms with E-state index in [4.69, 9.17) is 4.74 Å². The van der Waals surface area contributed by atoms with Crippen molar-refractivity contribution in [3.05, 3.63) is 29.6 Å². The number of pyridine rings is 1. The number of aromatic nitrogens is 1. The molecule has 86 valence electrons. The summed E-state index contributed by atoms with van der Waals surface area (Å²) in [6.45, 7) is 3.69. The van der Waals surface area contributed by atoms with E-state index >= 15 is 0 Å². The Labute approximate surface area is 95.2 Å². The van der Waals surface area contributed by atoms with Crippen LogP contribution in [0, 0.1) is 6.92 Å². The Kier molecular flexibility index (Phi) is 3.19. The predicted octanol–water partition coefficient (Wildman–Crippen LogP) is 1.14. The van der Waals surface area contributed by atoms with E-state index in [-0.39, 0.29) is 12.0 Å². The maximum atomic E-state index is 11.4. The highest BCUT2D eigenvalue weighted by Gasteiger charge is 2.34. The molecule has 0 N–H and O–H groups in total. The Morgan fingerprint density at radius 3 is 2.94 bits per heavy atom. The van der Waals surface area contributed by atoms with E-state index in [2.05, 4.69) is 16.0 Å². The Bertz CT molecular complexity index is 375. The van der Waals surface area contributed by atoms with Gasteiger partial charge < -0.3 is 4.74 Å². The molecule has 0 bridgehead atoms. The second kappa shape index (κ2) is 4.61. The van der Waals surface area contributed by atoms with Gasteiger partial charge in [-0.2, -0.15) is 0 Å². The summed E-state index contributed by atoms with van der Waals surface area (Å²) in [7, 11) is 1.44. The monoisotopic (exact) mass is 220 g/mol. The van der Waals surface area contributed by atoms with Gasteiger partial charge in [0.2, 0.25) is 0 Å². The molecule has 1 fully saturated rings. The van der Waals surface area contributed by atoms with Gasteiger partial charge in [-0.05, 0) is 25.0 Å². The summed E-state index contributed by atoms with van der Waals surface area (Å²) >= 11 is 0. The molecule has 2 heterocycles. The van der Waals surface area contributed by atoms with Crippen molar-refractivity contribution in [3.63, 3.8) is 0 Å². The van der Waals surface area contributed by atoms with Gasteiger partial charge in [-0.1, -0.05) is 6.07 Å². The predicted molar refractivity (Wildman–Crippen MR) is 59.8 cm³/mol. The third-order valence-electron chi connectivity index (χ3n) is 2.96. The molecule has 1 unspecified atom stereocenters. The number of carbonyl (C=O) groups excluding carboxylic acids is 1. The Hall–Kier alpha value is -1.42. The summed E-state index contributed by atoms with van der Waals surface area (Å²) in [5, 5.41) is 0. The van der Waals surface area contributed by atoms with Gasteiger partial charge in [0.05, 0.1) is 7.11 Å². The molecule has 0 saturated carbocycles. The van der Waals surface area contributed by atoms with E-state index in [1.165, 1.54) is 7.11 Å². The Balaban J connectivity index is 1.95. The van der Waals surface area contributed by atoms with Crippen LogP contribution in [0.1, 0.15) is 17.7 Å². The maximum Gasteiger partial charge on any atom is 0.323 e. The van der Waals surface area contributed by atoms with Crippen LogP contribution in [0.25, 0.3) is 0 Å². The first-order valence-corrected chi connectivity index (χ1v) is 5.44. The van der Waals surface area contributed by atoms with Crippen LogP contribution in [0.3, 0.4) is 0 Å². The molecule has 2 rings (SSSR count). The van der Waals surface area contributed by atoms with E-state index in [1.807, 2.05) is 19.2 Å². The normalized spacial score (nSPS) is 20.2. The van der Waals surface area contributed by atoms with Crippen LogP contribution in [0.5, 0.6) is 0 Å². The van der Waals surface area contributed by atoms with E-state index in [0.29, 0.717) is 0 Å². The fraction of sp³-hybridized carbons (Fsp3) is 0.500. The zero-order chi connectivity index (χ0) is 11.5. The molecule has 0 amide bonds. The second-order valence-electron chi connectivity index (χ2n) is 4.11. The average Bonchev–Trinajstić information content (AvgIpc) is 2.26. The minimum absolute atomic E-state index is 0.0636. The van der Waals surface area contributed by atoms with E-state index in [0.717, 1.165) is 30.8 Å². The summed E-state index contributed by atoms with van der Waals surface area (Å²) < 4.78 is 4.74. The summed E-state index contributed by atoms with van der Waals surface area (Å²) in [5.41, 5.74) is 2.15. The molecule has 0 spiro atoms. The topological polar surface area (TPSA) is 42.4 Å². The number of hydrogen-bond donors (Lipinski definition) is 0. The second-order valence-corrected chi connectivity index (χ2v) is 4.11. The molecule has 1 atom stereocenters. The summed E-state index contributed by atoms with van der Waals surface area (Å²) in [6.07, 6.45) is 2.76. The average molecular weight is 220 g/mol. The molecule has 1 aromatic rings. The highest BCUT2D eigenvalue weighted by atomic mass is 16.5. The number of carbonyl (C=O) groups is 1. The molecule has 1 aliphatic rings. The van der Waals surface area contributed by atoms with Gasteiger partial charge in [0.25, 0.3) is 0 Å². The summed E-state index contributed by atoms with van der Waals surface area (Å²) in [4.78, 5) is 17.7. The highest BCUT2D eigenvalue weighted by molar-refractivity contribution is 5.76. The third-order valence-corrected chi connectivity index (χ3v) is 2.96. The smallest absolute Gasteiger partial charge is 0.323 e. The van der Waals surface area contributed by atoms with Gasteiger partial charge in [0, 0.05) is 25.0 Å². The number of aryl methyl sites for hydroxylation is 1. The number of hydrogen-bond acceptors (Lipinski definition) is 4. The van der Waals surface area contributed by atoms with Crippen molar-refractivity contribution in [1.29, 1.82) is 0 Å². The molecule has 4 nitrogen and oxygen atoms in total. The van der Waals surface area contributed by atoms with Crippen LogP contribution in [-0.2, 0) is 16.1 Å². The van der Waals surface area contributed by atoms with E-state index < -0.39 is 0 Å². The molecule has 0 aliphatic carbocycles. The van der Waals surface area contributed by atoms with Crippen LogP contribution in [0.2, 0.25) is 0 Å². The number of esters is 1. The first-order valence-electron chi connectivity index (χ1n) is 5.44.